The molecule has 2 rings (SSSR count). The van der Waals surface area contributed by atoms with Gasteiger partial charge in [0.1, 0.15) is 0 Å². The lowest BCUT2D eigenvalue weighted by atomic mass is 10.1. The van der Waals surface area contributed by atoms with Gasteiger partial charge in [0.25, 0.3) is 0 Å². The molecule has 0 aromatic heterocycles. The van der Waals surface area contributed by atoms with E-state index in [1.54, 1.807) is 0 Å². The zero-order chi connectivity index (χ0) is 12.3. The maximum absolute atomic E-state index is 5.20. The first kappa shape index (κ1) is 12.9. The molecule has 0 amide bonds. The van der Waals surface area contributed by atoms with Crippen LogP contribution in [-0.4, -0.2) is 24.5 Å². The normalized spacial score (nSPS) is 16.2. The largest absolute Gasteiger partial charge is 0.379 e. The van der Waals surface area contributed by atoms with E-state index in [0.29, 0.717) is 11.3 Å². The number of ether oxygens (including phenoxy) is 1. The van der Waals surface area contributed by atoms with Gasteiger partial charge < -0.3 is 10.1 Å². The summed E-state index contributed by atoms with van der Waals surface area (Å²) in [4.78, 5) is 1.36. The second-order valence-electron chi connectivity index (χ2n) is 4.90. The summed E-state index contributed by atoms with van der Waals surface area (Å²) in [5.41, 5.74) is 2.77. The van der Waals surface area contributed by atoms with Gasteiger partial charge in [-0.1, -0.05) is 19.9 Å². The van der Waals surface area contributed by atoms with Gasteiger partial charge in [-0.25, -0.2) is 0 Å². The minimum absolute atomic E-state index is 0.538. The van der Waals surface area contributed by atoms with E-state index >= 15 is 0 Å². The third-order valence-corrected chi connectivity index (χ3v) is 4.06. The molecule has 17 heavy (non-hydrogen) atoms. The predicted octanol–water partition coefficient (Wildman–Crippen LogP) is 2.98. The van der Waals surface area contributed by atoms with Crippen molar-refractivity contribution < 1.29 is 4.74 Å². The molecule has 3 heteroatoms. The highest BCUT2D eigenvalue weighted by molar-refractivity contribution is 8.00. The van der Waals surface area contributed by atoms with Crippen molar-refractivity contribution in [1.82, 2.24) is 5.32 Å². The fourth-order valence-corrected chi connectivity index (χ4v) is 2.83. The van der Waals surface area contributed by atoms with Crippen LogP contribution in [0.1, 0.15) is 25.0 Å². The Kier molecular flexibility index (Phi) is 4.48. The molecule has 0 unspecified atom stereocenters. The molecular weight excluding hydrogens is 230 g/mol. The number of hydrogen-bond acceptors (Lipinski definition) is 3. The Hall–Kier alpha value is -0.510. The van der Waals surface area contributed by atoms with Crippen molar-refractivity contribution in [1.29, 1.82) is 0 Å². The summed E-state index contributed by atoms with van der Waals surface area (Å²) in [6, 6.07) is 7.30. The summed E-state index contributed by atoms with van der Waals surface area (Å²) in [5, 5.41) is 4.12. The Balaban J connectivity index is 1.95. The second kappa shape index (κ2) is 5.89. The van der Waals surface area contributed by atoms with Gasteiger partial charge in [0, 0.05) is 17.5 Å². The van der Waals surface area contributed by atoms with E-state index < -0.39 is 0 Å². The van der Waals surface area contributed by atoms with Gasteiger partial charge in [-0.15, -0.1) is 11.8 Å². The van der Waals surface area contributed by atoms with Gasteiger partial charge in [0.2, 0.25) is 0 Å². The Bertz CT molecular complexity index is 374. The molecule has 94 valence electrons. The van der Waals surface area contributed by atoms with E-state index in [-0.39, 0.29) is 0 Å². The number of thioether (sulfide) groups is 1. The van der Waals surface area contributed by atoms with Crippen LogP contribution in [0.2, 0.25) is 0 Å². The van der Waals surface area contributed by atoms with E-state index in [0.717, 1.165) is 19.8 Å². The molecule has 1 heterocycles. The van der Waals surface area contributed by atoms with Gasteiger partial charge in [0.05, 0.1) is 18.5 Å². The molecule has 1 aromatic carbocycles. The van der Waals surface area contributed by atoms with Gasteiger partial charge in [0.15, 0.2) is 0 Å². The van der Waals surface area contributed by atoms with Gasteiger partial charge in [-0.05, 0) is 30.2 Å². The highest BCUT2D eigenvalue weighted by atomic mass is 32.2. The summed E-state index contributed by atoms with van der Waals surface area (Å²) in [7, 11) is 0. The third kappa shape index (κ3) is 3.73. The van der Waals surface area contributed by atoms with Crippen LogP contribution in [0, 0.1) is 6.92 Å². The van der Waals surface area contributed by atoms with Crippen LogP contribution in [0.15, 0.2) is 23.1 Å². The van der Waals surface area contributed by atoms with Crippen molar-refractivity contribution in [2.45, 2.75) is 43.5 Å². The molecule has 1 N–H and O–H groups in total. The number of nitrogens with one attached hydrogen (secondary N) is 1. The van der Waals surface area contributed by atoms with Crippen molar-refractivity contribution in [3.8, 4) is 0 Å². The average Bonchev–Trinajstić information content (AvgIpc) is 2.22. The molecule has 1 aromatic rings. The maximum atomic E-state index is 5.20. The molecule has 0 aliphatic carbocycles. The first-order valence-electron chi connectivity index (χ1n) is 6.22. The highest BCUT2D eigenvalue weighted by Crippen LogP contribution is 2.29. The smallest absolute Gasteiger partial charge is 0.0611 e. The Morgan fingerprint density at radius 3 is 2.71 bits per heavy atom. The van der Waals surface area contributed by atoms with E-state index in [2.05, 4.69) is 44.3 Å². The van der Waals surface area contributed by atoms with Crippen LogP contribution >= 0.6 is 11.8 Å². The molecule has 0 bridgehead atoms. The lowest BCUT2D eigenvalue weighted by molar-refractivity contribution is 0.0455. The van der Waals surface area contributed by atoms with E-state index in [4.69, 9.17) is 4.74 Å². The van der Waals surface area contributed by atoms with E-state index in [1.807, 2.05) is 11.8 Å². The zero-order valence-corrected chi connectivity index (χ0v) is 11.6. The number of benzene rings is 1. The molecule has 1 aliphatic heterocycles. The molecule has 0 radical (unpaired) electrons. The predicted molar refractivity (Wildman–Crippen MR) is 73.6 cm³/mol. The Morgan fingerprint density at radius 2 is 2.18 bits per heavy atom. The fraction of sp³-hybridized carbons (Fsp3) is 0.571. The maximum Gasteiger partial charge on any atom is 0.0611 e. The van der Waals surface area contributed by atoms with Crippen molar-refractivity contribution >= 4 is 11.8 Å². The van der Waals surface area contributed by atoms with Crippen LogP contribution in [0.5, 0.6) is 0 Å². The van der Waals surface area contributed by atoms with Crippen molar-refractivity contribution in [3.63, 3.8) is 0 Å². The molecule has 0 atom stereocenters. The minimum Gasteiger partial charge on any atom is -0.379 e. The SMILES string of the molecule is Cc1cc(SC2COC2)ccc1CNC(C)C. The zero-order valence-electron chi connectivity index (χ0n) is 10.8. The van der Waals surface area contributed by atoms with Gasteiger partial charge in [-0.3, -0.25) is 0 Å². The number of aryl methyl sites for hydroxylation is 1. The molecule has 1 saturated heterocycles. The first-order valence-corrected chi connectivity index (χ1v) is 7.10. The Morgan fingerprint density at radius 1 is 1.41 bits per heavy atom. The summed E-state index contributed by atoms with van der Waals surface area (Å²) >= 11 is 1.93. The number of rotatable bonds is 5. The van der Waals surface area contributed by atoms with Crippen LogP contribution in [0.4, 0.5) is 0 Å². The fourth-order valence-electron chi connectivity index (χ4n) is 1.73. The molecule has 2 nitrogen and oxygen atoms in total. The summed E-state index contributed by atoms with van der Waals surface area (Å²) < 4.78 is 5.20. The standard InChI is InChI=1S/C14H21NOS/c1-10(2)15-7-12-4-5-13(6-11(12)3)17-14-8-16-9-14/h4-6,10,14-15H,7-9H2,1-3H3. The van der Waals surface area contributed by atoms with Crippen molar-refractivity contribution in [2.24, 2.45) is 0 Å². The van der Waals surface area contributed by atoms with Crippen molar-refractivity contribution in [3.05, 3.63) is 29.3 Å². The lowest BCUT2D eigenvalue weighted by Gasteiger charge is -2.25. The molecule has 1 fully saturated rings. The topological polar surface area (TPSA) is 21.3 Å². The summed E-state index contributed by atoms with van der Waals surface area (Å²) in [5.74, 6) is 0. The molecular formula is C14H21NOS. The monoisotopic (exact) mass is 251 g/mol. The van der Waals surface area contributed by atoms with Crippen LogP contribution in [0.3, 0.4) is 0 Å². The minimum atomic E-state index is 0.538. The molecule has 0 saturated carbocycles. The first-order chi connectivity index (χ1) is 8.15. The van der Waals surface area contributed by atoms with Crippen molar-refractivity contribution in [2.75, 3.05) is 13.2 Å². The molecule has 0 spiro atoms. The van der Waals surface area contributed by atoms with Gasteiger partial charge in [-0.2, -0.15) is 0 Å². The van der Waals surface area contributed by atoms with E-state index in [9.17, 15) is 0 Å². The summed E-state index contributed by atoms with van der Waals surface area (Å²) in [6.07, 6.45) is 0. The Labute approximate surface area is 108 Å². The highest BCUT2D eigenvalue weighted by Gasteiger charge is 2.19. The van der Waals surface area contributed by atoms with Gasteiger partial charge >= 0.3 is 0 Å². The quantitative estimate of drug-likeness (QED) is 0.869. The van der Waals surface area contributed by atoms with Crippen LogP contribution < -0.4 is 5.32 Å². The third-order valence-electron chi connectivity index (χ3n) is 2.93. The van der Waals surface area contributed by atoms with Crippen LogP contribution in [-0.2, 0) is 11.3 Å². The van der Waals surface area contributed by atoms with E-state index in [1.165, 1.54) is 16.0 Å². The average molecular weight is 251 g/mol. The lowest BCUT2D eigenvalue weighted by Crippen LogP contribution is -2.30. The number of hydrogen-bond donors (Lipinski definition) is 1. The molecule has 1 aliphatic rings. The second-order valence-corrected chi connectivity index (χ2v) is 6.27. The van der Waals surface area contributed by atoms with Crippen LogP contribution in [0.25, 0.3) is 0 Å². The summed E-state index contributed by atoms with van der Waals surface area (Å²) in [6.45, 7) is 9.31.